The Bertz CT molecular complexity index is 878. The number of hydrogen-bond donors (Lipinski definition) is 2. The van der Waals surface area contributed by atoms with Crippen molar-refractivity contribution in [2.24, 2.45) is 4.99 Å². The van der Waals surface area contributed by atoms with Gasteiger partial charge in [-0.3, -0.25) is 4.99 Å². The van der Waals surface area contributed by atoms with Crippen molar-refractivity contribution in [2.45, 2.75) is 25.1 Å². The van der Waals surface area contributed by atoms with Crippen LogP contribution in [0.25, 0.3) is 0 Å². The summed E-state index contributed by atoms with van der Waals surface area (Å²) < 4.78 is 56.6. The fourth-order valence-electron chi connectivity index (χ4n) is 2.94. The third kappa shape index (κ3) is 8.35. The summed E-state index contributed by atoms with van der Waals surface area (Å²) in [7, 11) is -5.17. The SMILES string of the molecule is CN=C(NCC(C)(C)NS(C)(=O)=O)N1CCN(S(=O)(=O)Cc2ccon2)CC1.I. The molecule has 0 bridgehead atoms. The van der Waals surface area contributed by atoms with E-state index < -0.39 is 25.6 Å². The fourth-order valence-corrected chi connectivity index (χ4v) is 5.44. The molecule has 1 saturated heterocycles. The molecule has 0 saturated carbocycles. The molecular formula is C15H29IN6O5S2. The molecule has 0 aliphatic carbocycles. The first kappa shape index (κ1) is 26.1. The molecular weight excluding hydrogens is 535 g/mol. The standard InChI is InChI=1S/C15H28N6O5S2.HI/c1-15(2,19-27(4,22)23)12-17-14(16-3)20-6-8-21(9-7-20)28(24,25)11-13-5-10-26-18-13;/h5,10,19H,6-9,11-12H2,1-4H3,(H,16,17);1H. The number of guanidine groups is 1. The minimum atomic E-state index is -3.47. The second-order valence-electron chi connectivity index (χ2n) is 7.29. The van der Waals surface area contributed by atoms with E-state index in [1.807, 2.05) is 4.90 Å². The number of aromatic nitrogens is 1. The van der Waals surface area contributed by atoms with Crippen molar-refractivity contribution in [1.29, 1.82) is 0 Å². The molecule has 2 heterocycles. The topological polar surface area (TPSA) is 137 Å². The number of aliphatic imine (C=N–C) groups is 1. The Hall–Kier alpha value is -0.970. The molecule has 1 fully saturated rings. The second kappa shape index (κ2) is 10.4. The number of sulfonamides is 2. The molecule has 2 rings (SSSR count). The Morgan fingerprint density at radius 2 is 1.86 bits per heavy atom. The van der Waals surface area contributed by atoms with Crippen LogP contribution < -0.4 is 10.0 Å². The van der Waals surface area contributed by atoms with Crippen LogP contribution in [-0.4, -0.2) is 88.7 Å². The summed E-state index contributed by atoms with van der Waals surface area (Å²) in [5.41, 5.74) is -0.327. The van der Waals surface area contributed by atoms with Crippen LogP contribution in [0.3, 0.4) is 0 Å². The number of piperazine rings is 1. The van der Waals surface area contributed by atoms with Crippen molar-refractivity contribution in [3.8, 4) is 0 Å². The predicted molar refractivity (Wildman–Crippen MR) is 121 cm³/mol. The van der Waals surface area contributed by atoms with Crippen molar-refractivity contribution in [1.82, 2.24) is 24.4 Å². The summed E-state index contributed by atoms with van der Waals surface area (Å²) >= 11 is 0. The fraction of sp³-hybridized carbons (Fsp3) is 0.733. The molecule has 0 unspecified atom stereocenters. The smallest absolute Gasteiger partial charge is 0.220 e. The van der Waals surface area contributed by atoms with Crippen LogP contribution >= 0.6 is 24.0 Å². The molecule has 1 aliphatic heterocycles. The van der Waals surface area contributed by atoms with E-state index in [4.69, 9.17) is 0 Å². The molecule has 0 atom stereocenters. The predicted octanol–water partition coefficient (Wildman–Crippen LogP) is -0.357. The van der Waals surface area contributed by atoms with Gasteiger partial charge in [0.05, 0.1) is 11.9 Å². The van der Waals surface area contributed by atoms with Crippen LogP contribution in [0.5, 0.6) is 0 Å². The van der Waals surface area contributed by atoms with Gasteiger partial charge in [0.2, 0.25) is 20.0 Å². The zero-order valence-electron chi connectivity index (χ0n) is 17.0. The third-order valence-electron chi connectivity index (χ3n) is 4.12. The molecule has 29 heavy (non-hydrogen) atoms. The van der Waals surface area contributed by atoms with Crippen molar-refractivity contribution in [2.75, 3.05) is 46.0 Å². The molecule has 168 valence electrons. The molecule has 0 aromatic carbocycles. The number of halogens is 1. The van der Waals surface area contributed by atoms with Gasteiger partial charge in [0.15, 0.2) is 5.96 Å². The zero-order valence-corrected chi connectivity index (χ0v) is 20.9. The first-order valence-corrected chi connectivity index (χ1v) is 12.2. The maximum absolute atomic E-state index is 12.5. The Kier molecular flexibility index (Phi) is 9.32. The lowest BCUT2D eigenvalue weighted by Gasteiger charge is -2.36. The van der Waals surface area contributed by atoms with Crippen LogP contribution in [0.2, 0.25) is 0 Å². The van der Waals surface area contributed by atoms with Gasteiger partial charge in [0.1, 0.15) is 12.0 Å². The van der Waals surface area contributed by atoms with E-state index in [-0.39, 0.29) is 29.7 Å². The van der Waals surface area contributed by atoms with Gasteiger partial charge in [-0.1, -0.05) is 5.16 Å². The maximum Gasteiger partial charge on any atom is 0.220 e. The number of nitrogens with one attached hydrogen (secondary N) is 2. The summed E-state index contributed by atoms with van der Waals surface area (Å²) in [5, 5.41) is 6.81. The van der Waals surface area contributed by atoms with Gasteiger partial charge < -0.3 is 14.7 Å². The van der Waals surface area contributed by atoms with Gasteiger partial charge in [0.25, 0.3) is 0 Å². The lowest BCUT2D eigenvalue weighted by atomic mass is 10.1. The maximum atomic E-state index is 12.5. The van der Waals surface area contributed by atoms with Crippen LogP contribution in [0.4, 0.5) is 0 Å². The van der Waals surface area contributed by atoms with Crippen molar-refractivity contribution in [3.63, 3.8) is 0 Å². The molecule has 0 amide bonds. The summed E-state index contributed by atoms with van der Waals surface area (Å²) in [6.45, 7) is 5.45. The summed E-state index contributed by atoms with van der Waals surface area (Å²) in [6.07, 6.45) is 2.46. The highest BCUT2D eigenvalue weighted by atomic mass is 127. The van der Waals surface area contributed by atoms with Crippen LogP contribution in [0.1, 0.15) is 19.5 Å². The average Bonchev–Trinajstić information content (AvgIpc) is 3.06. The van der Waals surface area contributed by atoms with E-state index >= 15 is 0 Å². The van der Waals surface area contributed by atoms with Crippen molar-refractivity contribution < 1.29 is 21.4 Å². The van der Waals surface area contributed by atoms with Crippen molar-refractivity contribution in [3.05, 3.63) is 18.0 Å². The number of nitrogens with zero attached hydrogens (tertiary/aromatic N) is 4. The van der Waals surface area contributed by atoms with E-state index in [0.29, 0.717) is 44.4 Å². The minimum absolute atomic E-state index is 0. The first-order valence-electron chi connectivity index (χ1n) is 8.73. The summed E-state index contributed by atoms with van der Waals surface area (Å²) in [6, 6.07) is 1.53. The normalized spacial score (nSPS) is 17.1. The van der Waals surface area contributed by atoms with Crippen LogP contribution in [0, 0.1) is 0 Å². The summed E-state index contributed by atoms with van der Waals surface area (Å²) in [4.78, 5) is 6.17. The Labute approximate surface area is 189 Å². The van der Waals surface area contributed by atoms with E-state index in [1.54, 1.807) is 20.9 Å². The Morgan fingerprint density at radius 1 is 1.24 bits per heavy atom. The van der Waals surface area contributed by atoms with Crippen LogP contribution in [-0.2, 0) is 25.8 Å². The lowest BCUT2D eigenvalue weighted by molar-refractivity contribution is 0.258. The van der Waals surface area contributed by atoms with Gasteiger partial charge in [-0.15, -0.1) is 24.0 Å². The minimum Gasteiger partial charge on any atom is -0.364 e. The Balaban J connectivity index is 0.00000420. The monoisotopic (exact) mass is 564 g/mol. The van der Waals surface area contributed by atoms with Gasteiger partial charge in [-0.25, -0.2) is 21.6 Å². The van der Waals surface area contributed by atoms with E-state index in [2.05, 4.69) is 24.7 Å². The molecule has 11 nitrogen and oxygen atoms in total. The molecule has 14 heteroatoms. The van der Waals surface area contributed by atoms with E-state index in [0.717, 1.165) is 6.26 Å². The second-order valence-corrected chi connectivity index (χ2v) is 11.0. The quantitative estimate of drug-likeness (QED) is 0.261. The first-order chi connectivity index (χ1) is 12.9. The summed E-state index contributed by atoms with van der Waals surface area (Å²) in [5.74, 6) is 0.402. The third-order valence-corrected chi connectivity index (χ3v) is 6.85. The lowest BCUT2D eigenvalue weighted by Crippen LogP contribution is -2.57. The molecule has 1 aromatic heterocycles. The van der Waals surface area contributed by atoms with Gasteiger partial charge >= 0.3 is 0 Å². The van der Waals surface area contributed by atoms with Gasteiger partial charge in [-0.2, -0.15) is 4.31 Å². The molecule has 2 N–H and O–H groups in total. The number of rotatable bonds is 7. The van der Waals surface area contributed by atoms with Gasteiger partial charge in [0, 0.05) is 51.4 Å². The molecule has 0 spiro atoms. The highest BCUT2D eigenvalue weighted by Gasteiger charge is 2.30. The largest absolute Gasteiger partial charge is 0.364 e. The molecule has 1 aliphatic rings. The van der Waals surface area contributed by atoms with E-state index in [9.17, 15) is 16.8 Å². The average molecular weight is 564 g/mol. The van der Waals surface area contributed by atoms with Crippen LogP contribution in [0.15, 0.2) is 21.8 Å². The zero-order chi connectivity index (χ0) is 21.0. The molecule has 0 radical (unpaired) electrons. The van der Waals surface area contributed by atoms with Gasteiger partial charge in [-0.05, 0) is 13.8 Å². The van der Waals surface area contributed by atoms with Crippen molar-refractivity contribution >= 4 is 50.0 Å². The number of hydrogen-bond acceptors (Lipinski definition) is 7. The highest BCUT2D eigenvalue weighted by Crippen LogP contribution is 2.13. The Morgan fingerprint density at radius 3 is 2.34 bits per heavy atom. The molecule has 1 aromatic rings. The highest BCUT2D eigenvalue weighted by molar-refractivity contribution is 14.0. The van der Waals surface area contributed by atoms with E-state index in [1.165, 1.54) is 16.6 Å².